The normalized spacial score (nSPS) is 11.5. The first-order valence-corrected chi connectivity index (χ1v) is 10.7. The number of anilines is 1. The fraction of sp³-hybridized carbons (Fsp3) is 0.143. The number of halogens is 2. The van der Waals surface area contributed by atoms with Crippen LogP contribution in [-0.2, 0) is 14.3 Å². The molecule has 1 heterocycles. The Hall–Kier alpha value is -2.94. The molecule has 1 aromatic heterocycles. The maximum absolute atomic E-state index is 12.3. The van der Waals surface area contributed by atoms with Crippen LogP contribution in [0.5, 0.6) is 0 Å². The first-order valence-electron chi connectivity index (χ1n) is 9.08. The number of carbonyl (C=O) groups excluding carboxylic acids is 3. The van der Waals surface area contributed by atoms with Crippen LogP contribution in [0.1, 0.15) is 17.3 Å². The summed E-state index contributed by atoms with van der Waals surface area (Å²) in [5, 5.41) is 7.75. The van der Waals surface area contributed by atoms with E-state index >= 15 is 0 Å². The zero-order valence-corrected chi connectivity index (χ0v) is 18.6. The van der Waals surface area contributed by atoms with Gasteiger partial charge in [0.2, 0.25) is 0 Å². The maximum Gasteiger partial charge on any atom is 0.326 e. The third-order valence-corrected chi connectivity index (χ3v) is 5.36. The van der Waals surface area contributed by atoms with Gasteiger partial charge in [0.05, 0.1) is 16.3 Å². The van der Waals surface area contributed by atoms with Crippen molar-refractivity contribution in [3.63, 3.8) is 0 Å². The third-order valence-electron chi connectivity index (χ3n) is 4.05. The lowest BCUT2D eigenvalue weighted by molar-refractivity contribution is -0.152. The Morgan fingerprint density at radius 2 is 1.87 bits per heavy atom. The highest BCUT2D eigenvalue weighted by Gasteiger charge is 2.20. The number of ether oxygens (including phenoxy) is 1. The van der Waals surface area contributed by atoms with E-state index in [9.17, 15) is 14.4 Å². The molecule has 0 spiro atoms. The van der Waals surface area contributed by atoms with Crippen molar-refractivity contribution in [2.24, 2.45) is 0 Å². The van der Waals surface area contributed by atoms with Gasteiger partial charge in [-0.2, -0.15) is 0 Å². The van der Waals surface area contributed by atoms with E-state index in [0.717, 1.165) is 11.3 Å². The maximum atomic E-state index is 12.3. The number of nitrogens with one attached hydrogen (secondary N) is 2. The lowest BCUT2D eigenvalue weighted by Gasteiger charge is -2.13. The van der Waals surface area contributed by atoms with Gasteiger partial charge in [0.1, 0.15) is 6.54 Å². The molecule has 0 saturated heterocycles. The Bertz CT molecular complexity index is 1110. The van der Waals surface area contributed by atoms with Gasteiger partial charge in [-0.25, -0.2) is 4.98 Å². The molecule has 0 saturated carbocycles. The van der Waals surface area contributed by atoms with Crippen molar-refractivity contribution in [2.45, 2.75) is 13.0 Å². The zero-order valence-electron chi connectivity index (χ0n) is 16.2. The number of rotatable bonds is 7. The minimum Gasteiger partial charge on any atom is -0.451 e. The molecule has 0 fully saturated rings. The van der Waals surface area contributed by atoms with Crippen molar-refractivity contribution in [1.29, 1.82) is 0 Å². The number of benzene rings is 2. The quantitative estimate of drug-likeness (QED) is 0.490. The number of hydrogen-bond acceptors (Lipinski definition) is 6. The van der Waals surface area contributed by atoms with E-state index in [2.05, 4.69) is 15.6 Å². The summed E-state index contributed by atoms with van der Waals surface area (Å²) >= 11 is 13.0. The SMILES string of the molecule is C[C@H](OC(=O)CNC(=O)c1ccc(Cl)cc1Cl)C(=O)Nc1nc(-c2ccccc2)cs1. The van der Waals surface area contributed by atoms with Crippen molar-refractivity contribution < 1.29 is 19.1 Å². The minimum atomic E-state index is -1.08. The van der Waals surface area contributed by atoms with Gasteiger partial charge in [0.25, 0.3) is 11.8 Å². The number of thiazole rings is 1. The number of amides is 2. The molecule has 2 aromatic carbocycles. The van der Waals surface area contributed by atoms with Crippen molar-refractivity contribution in [2.75, 3.05) is 11.9 Å². The van der Waals surface area contributed by atoms with Crippen LogP contribution in [0.3, 0.4) is 0 Å². The summed E-state index contributed by atoms with van der Waals surface area (Å²) in [6.45, 7) is 1.00. The molecule has 10 heteroatoms. The van der Waals surface area contributed by atoms with Crippen LogP contribution in [-0.4, -0.2) is 35.4 Å². The summed E-state index contributed by atoms with van der Waals surface area (Å²) < 4.78 is 5.07. The lowest BCUT2D eigenvalue weighted by Crippen LogP contribution is -2.35. The average Bonchev–Trinajstić information content (AvgIpc) is 3.21. The average molecular weight is 478 g/mol. The Kier molecular flexibility index (Phi) is 7.62. The monoisotopic (exact) mass is 477 g/mol. The molecule has 1 atom stereocenters. The van der Waals surface area contributed by atoms with Gasteiger partial charge >= 0.3 is 5.97 Å². The van der Waals surface area contributed by atoms with Crippen molar-refractivity contribution in [3.8, 4) is 11.3 Å². The van der Waals surface area contributed by atoms with Crippen molar-refractivity contribution in [3.05, 3.63) is 69.5 Å². The second kappa shape index (κ2) is 10.4. The number of carbonyl (C=O) groups is 3. The molecule has 2 N–H and O–H groups in total. The fourth-order valence-corrected chi connectivity index (χ4v) is 3.71. The summed E-state index contributed by atoms with van der Waals surface area (Å²) in [6, 6.07) is 13.9. The number of esters is 1. The van der Waals surface area contributed by atoms with E-state index < -0.39 is 30.4 Å². The smallest absolute Gasteiger partial charge is 0.326 e. The highest BCUT2D eigenvalue weighted by Crippen LogP contribution is 2.24. The standard InChI is InChI=1S/C21H17Cl2N3O4S/c1-12(19(28)26-21-25-17(11-31-21)13-5-3-2-4-6-13)30-18(27)10-24-20(29)15-8-7-14(22)9-16(15)23/h2-9,11-12H,10H2,1H3,(H,24,29)(H,25,26,28)/t12-/m0/s1. The summed E-state index contributed by atoms with van der Waals surface area (Å²) in [5.41, 5.74) is 1.83. The topological polar surface area (TPSA) is 97.4 Å². The van der Waals surface area contributed by atoms with Crippen molar-refractivity contribution >= 4 is 57.5 Å². The third kappa shape index (κ3) is 6.27. The van der Waals surface area contributed by atoms with E-state index in [1.165, 1.54) is 36.5 Å². The summed E-state index contributed by atoms with van der Waals surface area (Å²) in [4.78, 5) is 40.8. The molecule has 7 nitrogen and oxygen atoms in total. The molecule has 0 unspecified atom stereocenters. The van der Waals surface area contributed by atoms with Crippen LogP contribution in [0.4, 0.5) is 5.13 Å². The van der Waals surface area contributed by atoms with Crippen LogP contribution in [0, 0.1) is 0 Å². The molecule has 3 rings (SSSR count). The van der Waals surface area contributed by atoms with Gasteiger partial charge in [-0.15, -0.1) is 11.3 Å². The Morgan fingerprint density at radius 3 is 2.58 bits per heavy atom. The molecular weight excluding hydrogens is 461 g/mol. The molecule has 160 valence electrons. The van der Waals surface area contributed by atoms with Gasteiger partial charge in [0, 0.05) is 16.0 Å². The van der Waals surface area contributed by atoms with Crippen LogP contribution < -0.4 is 10.6 Å². The molecule has 0 aliphatic rings. The van der Waals surface area contributed by atoms with Gasteiger partial charge in [-0.05, 0) is 25.1 Å². The molecule has 0 aliphatic heterocycles. The number of nitrogens with zero attached hydrogens (tertiary/aromatic N) is 1. The first kappa shape index (κ1) is 22.7. The van der Waals surface area contributed by atoms with E-state index in [-0.39, 0.29) is 10.6 Å². The second-order valence-electron chi connectivity index (χ2n) is 6.33. The molecule has 0 radical (unpaired) electrons. The lowest BCUT2D eigenvalue weighted by atomic mass is 10.2. The minimum absolute atomic E-state index is 0.157. The second-order valence-corrected chi connectivity index (χ2v) is 8.03. The molecule has 0 bridgehead atoms. The highest BCUT2D eigenvalue weighted by molar-refractivity contribution is 7.14. The van der Waals surface area contributed by atoms with E-state index in [4.69, 9.17) is 27.9 Å². The number of hydrogen-bond donors (Lipinski definition) is 2. The Balaban J connectivity index is 1.48. The summed E-state index contributed by atoms with van der Waals surface area (Å²) in [5.74, 6) is -1.87. The first-order chi connectivity index (χ1) is 14.8. The molecule has 3 aromatic rings. The van der Waals surface area contributed by atoms with Crippen LogP contribution in [0.2, 0.25) is 10.0 Å². The van der Waals surface area contributed by atoms with Crippen LogP contribution in [0.15, 0.2) is 53.9 Å². The van der Waals surface area contributed by atoms with Gasteiger partial charge in [-0.1, -0.05) is 53.5 Å². The predicted molar refractivity (Wildman–Crippen MR) is 121 cm³/mol. The van der Waals surface area contributed by atoms with Crippen LogP contribution in [0.25, 0.3) is 11.3 Å². The Morgan fingerprint density at radius 1 is 1.13 bits per heavy atom. The van der Waals surface area contributed by atoms with Crippen LogP contribution >= 0.6 is 34.5 Å². The fourth-order valence-electron chi connectivity index (χ4n) is 2.49. The molecule has 2 amide bonds. The molecule has 31 heavy (non-hydrogen) atoms. The van der Waals surface area contributed by atoms with Gasteiger partial charge < -0.3 is 10.1 Å². The molecular formula is C21H17Cl2N3O4S. The van der Waals surface area contributed by atoms with E-state index in [0.29, 0.717) is 10.2 Å². The summed E-state index contributed by atoms with van der Waals surface area (Å²) in [6.07, 6.45) is -1.08. The largest absolute Gasteiger partial charge is 0.451 e. The van der Waals surface area contributed by atoms with Gasteiger partial charge in [0.15, 0.2) is 11.2 Å². The highest BCUT2D eigenvalue weighted by atomic mass is 35.5. The zero-order chi connectivity index (χ0) is 22.4. The number of aromatic nitrogens is 1. The van der Waals surface area contributed by atoms with E-state index in [1.54, 1.807) is 0 Å². The molecule has 0 aliphatic carbocycles. The van der Waals surface area contributed by atoms with Crippen molar-refractivity contribution in [1.82, 2.24) is 10.3 Å². The summed E-state index contributed by atoms with van der Waals surface area (Å²) in [7, 11) is 0. The Labute approximate surface area is 192 Å². The predicted octanol–water partition coefficient (Wildman–Crippen LogP) is 4.42. The van der Waals surface area contributed by atoms with Gasteiger partial charge in [-0.3, -0.25) is 19.7 Å². The van der Waals surface area contributed by atoms with E-state index in [1.807, 2.05) is 35.7 Å².